The largest absolute Gasteiger partial charge is 0.389 e. The van der Waals surface area contributed by atoms with Gasteiger partial charge in [0.15, 0.2) is 0 Å². The maximum atomic E-state index is 10.7. The molecule has 4 saturated carbocycles. The summed E-state index contributed by atoms with van der Waals surface area (Å²) in [6.45, 7) is 5.20. The lowest BCUT2D eigenvalue weighted by Crippen LogP contribution is -2.62. The van der Waals surface area contributed by atoms with E-state index < -0.39 is 24.4 Å². The Balaban J connectivity index is 1.04. The van der Waals surface area contributed by atoms with E-state index in [-0.39, 0.29) is 0 Å². The van der Waals surface area contributed by atoms with Gasteiger partial charge in [-0.15, -0.1) is 0 Å². The van der Waals surface area contributed by atoms with Crippen LogP contribution in [0.15, 0.2) is 22.3 Å². The summed E-state index contributed by atoms with van der Waals surface area (Å²) in [5.74, 6) is 4.34. The van der Waals surface area contributed by atoms with Crippen molar-refractivity contribution < 1.29 is 20.4 Å². The molecule has 0 aliphatic heterocycles. The Morgan fingerprint density at radius 2 is 0.919 bits per heavy atom. The van der Waals surface area contributed by atoms with Crippen LogP contribution in [0.5, 0.6) is 0 Å². The predicted molar refractivity (Wildman–Crippen MR) is 142 cm³/mol. The molecule has 4 N–H and O–H groups in total. The normalized spacial score (nSPS) is 54.3. The Morgan fingerprint density at radius 3 is 1.35 bits per heavy atom. The van der Waals surface area contributed by atoms with E-state index in [4.69, 9.17) is 0 Å². The zero-order chi connectivity index (χ0) is 25.5. The highest BCUT2D eigenvalue weighted by molar-refractivity contribution is 5.45. The third-order valence-electron chi connectivity index (χ3n) is 14.6. The molecule has 204 valence electrons. The monoisotopic (exact) mass is 508 g/mol. The number of aliphatic hydroxyl groups excluding tert-OH is 4. The van der Waals surface area contributed by atoms with Crippen LogP contribution in [0.4, 0.5) is 0 Å². The van der Waals surface area contributed by atoms with Crippen LogP contribution < -0.4 is 0 Å². The quantitative estimate of drug-likeness (QED) is 0.382. The molecule has 0 aromatic rings. The zero-order valence-electron chi connectivity index (χ0n) is 23.0. The van der Waals surface area contributed by atoms with Crippen molar-refractivity contribution >= 4 is 0 Å². The van der Waals surface area contributed by atoms with Crippen LogP contribution in [0, 0.1) is 51.8 Å². The molecule has 8 aliphatic rings. The molecule has 8 rings (SSSR count). The van der Waals surface area contributed by atoms with Crippen molar-refractivity contribution in [3.8, 4) is 0 Å². The summed E-state index contributed by atoms with van der Waals surface area (Å²) in [5, 5.41) is 42.9. The highest BCUT2D eigenvalue weighted by atomic mass is 16.3. The molecule has 0 aromatic carbocycles. The molecule has 4 fully saturated rings. The maximum Gasteiger partial charge on any atom is 0.0778 e. The van der Waals surface area contributed by atoms with Gasteiger partial charge in [0.1, 0.15) is 0 Å². The Bertz CT molecular complexity index is 978. The molecule has 0 saturated heterocycles. The Kier molecular flexibility index (Phi) is 5.05. The van der Waals surface area contributed by atoms with Crippen LogP contribution in [0.1, 0.15) is 104 Å². The van der Waals surface area contributed by atoms with Gasteiger partial charge in [0.25, 0.3) is 0 Å². The van der Waals surface area contributed by atoms with E-state index in [1.54, 1.807) is 0 Å². The molecule has 4 heteroatoms. The minimum absolute atomic E-state index is 0.305. The molecule has 0 radical (unpaired) electrons. The summed E-state index contributed by atoms with van der Waals surface area (Å²) in [5.41, 5.74) is 6.11. The van der Waals surface area contributed by atoms with E-state index in [0.29, 0.717) is 28.1 Å². The molecule has 0 amide bonds. The maximum absolute atomic E-state index is 10.7. The zero-order valence-corrected chi connectivity index (χ0v) is 23.0. The fraction of sp³-hybridized carbons (Fsp3) is 0.879. The first kappa shape index (κ1) is 24.1. The van der Waals surface area contributed by atoms with E-state index in [1.165, 1.54) is 49.7 Å². The molecule has 0 heterocycles. The first-order chi connectivity index (χ1) is 17.7. The van der Waals surface area contributed by atoms with E-state index in [2.05, 4.69) is 13.8 Å². The molecular weight excluding hydrogens is 460 g/mol. The smallest absolute Gasteiger partial charge is 0.0778 e. The van der Waals surface area contributed by atoms with Gasteiger partial charge in [-0.25, -0.2) is 0 Å². The summed E-state index contributed by atoms with van der Waals surface area (Å²) >= 11 is 0. The lowest BCUT2D eigenvalue weighted by molar-refractivity contribution is -0.121. The molecule has 2 spiro atoms. The van der Waals surface area contributed by atoms with Gasteiger partial charge in [-0.3, -0.25) is 0 Å². The fourth-order valence-electron chi connectivity index (χ4n) is 12.8. The van der Waals surface area contributed by atoms with Crippen LogP contribution in [-0.4, -0.2) is 44.8 Å². The third kappa shape index (κ3) is 2.85. The number of allylic oxidation sites excluding steroid dienone is 2. The van der Waals surface area contributed by atoms with Crippen LogP contribution in [0.2, 0.25) is 0 Å². The summed E-state index contributed by atoms with van der Waals surface area (Å²) in [6.07, 6.45) is 14.2. The van der Waals surface area contributed by atoms with Gasteiger partial charge in [0.05, 0.1) is 24.4 Å². The van der Waals surface area contributed by atoms with E-state index in [1.807, 2.05) is 0 Å². The second-order valence-electron chi connectivity index (χ2n) is 15.5. The number of fused-ring (bicyclic) bond motifs is 2. The lowest BCUT2D eigenvalue weighted by Gasteiger charge is -2.69. The molecule has 37 heavy (non-hydrogen) atoms. The highest BCUT2D eigenvalue weighted by Gasteiger charge is 2.67. The second kappa shape index (κ2) is 7.74. The standard InChI is InChI=1S/C33H48O4/c1-31(2,17-7-11-32-13-9-25(36)27-23(34)5-3-19(29(27)32)21(32)15-17)18-8-12-33-14-10-26(37)28-24(35)6-4-20(30(28)33)22(33)16-18/h17-26,34-37H,3-16H2,1-2H3. The van der Waals surface area contributed by atoms with Crippen LogP contribution >= 0.6 is 0 Å². The van der Waals surface area contributed by atoms with Crippen LogP contribution in [0.3, 0.4) is 0 Å². The average Bonchev–Trinajstić information content (AvgIpc) is 2.87. The minimum atomic E-state index is -0.396. The number of hydrogen-bond donors (Lipinski definition) is 4. The Labute approximate surface area is 222 Å². The van der Waals surface area contributed by atoms with Gasteiger partial charge in [0, 0.05) is 0 Å². The first-order valence-electron chi connectivity index (χ1n) is 15.9. The second-order valence-corrected chi connectivity index (χ2v) is 15.5. The molecule has 4 nitrogen and oxygen atoms in total. The molecule has 0 aromatic heterocycles. The Hall–Kier alpha value is -0.680. The number of rotatable bonds is 2. The van der Waals surface area contributed by atoms with Crippen LogP contribution in [0.25, 0.3) is 0 Å². The van der Waals surface area contributed by atoms with Gasteiger partial charge in [0.2, 0.25) is 0 Å². The van der Waals surface area contributed by atoms with Gasteiger partial charge in [-0.1, -0.05) is 25.0 Å². The van der Waals surface area contributed by atoms with Gasteiger partial charge in [-0.2, -0.15) is 0 Å². The summed E-state index contributed by atoms with van der Waals surface area (Å²) in [7, 11) is 0. The molecule has 8 aliphatic carbocycles. The molecular formula is C33H48O4. The SMILES string of the molecule is CC(C)(C1CCC23CCC(O)C4=C2C(CCC4O)C3C1)C1CCC23CCC(O)C4=C2C(CCC4O)C3C1. The van der Waals surface area contributed by atoms with Crippen molar-refractivity contribution in [1.82, 2.24) is 0 Å². The van der Waals surface area contributed by atoms with Gasteiger partial charge >= 0.3 is 0 Å². The van der Waals surface area contributed by atoms with E-state index in [0.717, 1.165) is 86.2 Å². The number of aliphatic hydroxyl groups is 4. The lowest BCUT2D eigenvalue weighted by atomic mass is 9.35. The first-order valence-corrected chi connectivity index (χ1v) is 15.9. The highest BCUT2D eigenvalue weighted by Crippen LogP contribution is 2.75. The van der Waals surface area contributed by atoms with Crippen molar-refractivity contribution in [2.24, 2.45) is 51.8 Å². The van der Waals surface area contributed by atoms with Crippen molar-refractivity contribution in [1.29, 1.82) is 0 Å². The Morgan fingerprint density at radius 1 is 0.541 bits per heavy atom. The topological polar surface area (TPSA) is 80.9 Å². The minimum Gasteiger partial charge on any atom is -0.389 e. The van der Waals surface area contributed by atoms with Crippen LogP contribution in [-0.2, 0) is 0 Å². The summed E-state index contributed by atoms with van der Waals surface area (Å²) < 4.78 is 0. The van der Waals surface area contributed by atoms with E-state index >= 15 is 0 Å². The molecule has 0 bridgehead atoms. The van der Waals surface area contributed by atoms with Crippen molar-refractivity contribution in [2.75, 3.05) is 0 Å². The van der Waals surface area contributed by atoms with Crippen molar-refractivity contribution in [3.63, 3.8) is 0 Å². The van der Waals surface area contributed by atoms with E-state index in [9.17, 15) is 20.4 Å². The molecule has 12 atom stereocenters. The predicted octanol–water partition coefficient (Wildman–Crippen LogP) is 5.29. The summed E-state index contributed by atoms with van der Waals surface area (Å²) in [4.78, 5) is 0. The van der Waals surface area contributed by atoms with Gasteiger partial charge in [-0.05, 0) is 153 Å². The van der Waals surface area contributed by atoms with Gasteiger partial charge < -0.3 is 20.4 Å². The number of hydrogen-bond acceptors (Lipinski definition) is 4. The molecule has 12 unspecified atom stereocenters. The van der Waals surface area contributed by atoms with Crippen molar-refractivity contribution in [2.45, 2.75) is 128 Å². The fourth-order valence-corrected chi connectivity index (χ4v) is 12.8. The average molecular weight is 509 g/mol. The third-order valence-corrected chi connectivity index (χ3v) is 14.6. The summed E-state index contributed by atoms with van der Waals surface area (Å²) in [6, 6.07) is 0. The van der Waals surface area contributed by atoms with Crippen molar-refractivity contribution in [3.05, 3.63) is 22.3 Å².